The molecule has 0 bridgehead atoms. The Morgan fingerprint density at radius 2 is 1.92 bits per heavy atom. The Labute approximate surface area is 148 Å². The Morgan fingerprint density at radius 3 is 2.56 bits per heavy atom. The zero-order valence-corrected chi connectivity index (χ0v) is 14.2. The first-order valence-corrected chi connectivity index (χ1v) is 8.60. The van der Waals surface area contributed by atoms with Gasteiger partial charge in [0.2, 0.25) is 11.8 Å². The number of halogens is 4. The molecule has 25 heavy (non-hydrogen) atoms. The molecule has 4 nitrogen and oxygen atoms in total. The maximum absolute atomic E-state index is 12.9. The highest BCUT2D eigenvalue weighted by atomic mass is 35.5. The third-order valence-corrected chi connectivity index (χ3v) is 5.16. The van der Waals surface area contributed by atoms with E-state index in [1.165, 1.54) is 6.07 Å². The number of alkyl halides is 3. The lowest BCUT2D eigenvalue weighted by molar-refractivity contribution is -0.137. The molecule has 8 heteroatoms. The van der Waals surface area contributed by atoms with Crippen LogP contribution in [0.3, 0.4) is 0 Å². The van der Waals surface area contributed by atoms with Crippen LogP contribution >= 0.6 is 11.6 Å². The second-order valence-electron chi connectivity index (χ2n) is 6.57. The molecule has 2 amide bonds. The minimum atomic E-state index is -4.60. The molecule has 2 aliphatic rings. The average Bonchev–Trinajstić information content (AvgIpc) is 3.17. The van der Waals surface area contributed by atoms with Gasteiger partial charge in [-0.2, -0.15) is 13.2 Å². The summed E-state index contributed by atoms with van der Waals surface area (Å²) in [5.74, 6) is -1.04. The molecular formula is C17H18ClF3N2O2. The molecule has 1 aromatic carbocycles. The number of nitrogens with one attached hydrogen (secondary N) is 1. The monoisotopic (exact) mass is 374 g/mol. The Balaban J connectivity index is 1.68. The van der Waals surface area contributed by atoms with Gasteiger partial charge >= 0.3 is 6.18 Å². The van der Waals surface area contributed by atoms with Gasteiger partial charge in [0.05, 0.1) is 16.5 Å². The van der Waals surface area contributed by atoms with Gasteiger partial charge in [-0.05, 0) is 31.0 Å². The summed E-state index contributed by atoms with van der Waals surface area (Å²) < 4.78 is 38.7. The number of rotatable bonds is 3. The van der Waals surface area contributed by atoms with Gasteiger partial charge in [0.1, 0.15) is 0 Å². The maximum atomic E-state index is 12.9. The van der Waals surface area contributed by atoms with Gasteiger partial charge < -0.3 is 10.2 Å². The molecule has 0 aromatic heterocycles. The first-order valence-electron chi connectivity index (χ1n) is 8.23. The van der Waals surface area contributed by atoms with Crippen molar-refractivity contribution in [3.8, 4) is 0 Å². The van der Waals surface area contributed by atoms with Crippen molar-refractivity contribution in [2.24, 2.45) is 5.92 Å². The lowest BCUT2D eigenvalue weighted by Crippen LogP contribution is -2.35. The highest BCUT2D eigenvalue weighted by Crippen LogP contribution is 2.36. The summed E-state index contributed by atoms with van der Waals surface area (Å²) in [6, 6.07) is 3.43. The van der Waals surface area contributed by atoms with Crippen LogP contribution in [0.25, 0.3) is 0 Å². The predicted molar refractivity (Wildman–Crippen MR) is 87.2 cm³/mol. The van der Waals surface area contributed by atoms with E-state index in [-0.39, 0.29) is 24.1 Å². The number of amides is 2. The summed E-state index contributed by atoms with van der Waals surface area (Å²) in [6.45, 7) is 0.328. The summed E-state index contributed by atoms with van der Waals surface area (Å²) in [6.07, 6.45) is -0.437. The molecule has 1 atom stereocenters. The van der Waals surface area contributed by atoms with Crippen LogP contribution < -0.4 is 5.32 Å². The number of hydrogen-bond donors (Lipinski definition) is 1. The van der Waals surface area contributed by atoms with Crippen molar-refractivity contribution in [2.45, 2.75) is 44.3 Å². The van der Waals surface area contributed by atoms with Crippen molar-refractivity contribution < 1.29 is 22.8 Å². The van der Waals surface area contributed by atoms with Crippen LogP contribution in [0.1, 0.15) is 37.7 Å². The van der Waals surface area contributed by atoms with Crippen LogP contribution in [-0.2, 0) is 15.8 Å². The van der Waals surface area contributed by atoms with Gasteiger partial charge in [0, 0.05) is 24.7 Å². The van der Waals surface area contributed by atoms with Crippen LogP contribution in [0.4, 0.5) is 18.9 Å². The summed E-state index contributed by atoms with van der Waals surface area (Å²) in [4.78, 5) is 26.3. The quantitative estimate of drug-likeness (QED) is 0.866. The number of hydrogen-bond acceptors (Lipinski definition) is 2. The summed E-state index contributed by atoms with van der Waals surface area (Å²) in [5, 5.41) is 2.06. The highest BCUT2D eigenvalue weighted by molar-refractivity contribution is 6.31. The zero-order valence-electron chi connectivity index (χ0n) is 13.4. The van der Waals surface area contributed by atoms with E-state index in [0.29, 0.717) is 6.54 Å². The molecule has 1 N–H and O–H groups in total. The fourth-order valence-corrected chi connectivity index (χ4v) is 3.77. The molecule has 2 fully saturated rings. The fraction of sp³-hybridized carbons (Fsp3) is 0.529. The molecule has 0 spiro atoms. The molecule has 1 saturated carbocycles. The van der Waals surface area contributed by atoms with Crippen molar-refractivity contribution >= 4 is 29.1 Å². The van der Waals surface area contributed by atoms with Crippen LogP contribution in [0.5, 0.6) is 0 Å². The smallest absolute Gasteiger partial charge is 0.339 e. The fourth-order valence-electron chi connectivity index (χ4n) is 3.54. The van der Waals surface area contributed by atoms with E-state index in [1.54, 1.807) is 4.90 Å². The summed E-state index contributed by atoms with van der Waals surface area (Å²) in [5.41, 5.74) is -0.976. The van der Waals surface area contributed by atoms with E-state index in [9.17, 15) is 22.8 Å². The zero-order chi connectivity index (χ0) is 18.2. The van der Waals surface area contributed by atoms with E-state index in [2.05, 4.69) is 5.32 Å². The van der Waals surface area contributed by atoms with Gasteiger partial charge in [0.25, 0.3) is 0 Å². The molecule has 1 aliphatic carbocycles. The number of nitrogens with zero attached hydrogens (tertiary/aromatic N) is 1. The Morgan fingerprint density at radius 1 is 1.24 bits per heavy atom. The molecule has 3 rings (SSSR count). The van der Waals surface area contributed by atoms with Gasteiger partial charge in [-0.1, -0.05) is 24.4 Å². The van der Waals surface area contributed by atoms with Crippen molar-refractivity contribution in [1.82, 2.24) is 4.90 Å². The van der Waals surface area contributed by atoms with E-state index in [0.717, 1.165) is 37.8 Å². The second-order valence-corrected chi connectivity index (χ2v) is 6.97. The van der Waals surface area contributed by atoms with Gasteiger partial charge in [-0.15, -0.1) is 0 Å². The van der Waals surface area contributed by atoms with Crippen molar-refractivity contribution in [3.63, 3.8) is 0 Å². The van der Waals surface area contributed by atoms with Gasteiger partial charge in [0.15, 0.2) is 0 Å². The number of carbonyl (C=O) groups is 2. The number of benzene rings is 1. The van der Waals surface area contributed by atoms with Gasteiger partial charge in [-0.3, -0.25) is 9.59 Å². The minimum absolute atomic E-state index is 0.0218. The van der Waals surface area contributed by atoms with Gasteiger partial charge in [-0.25, -0.2) is 0 Å². The van der Waals surface area contributed by atoms with E-state index >= 15 is 0 Å². The normalized spacial score (nSPS) is 21.8. The van der Waals surface area contributed by atoms with Crippen LogP contribution in [0.2, 0.25) is 5.02 Å². The van der Waals surface area contributed by atoms with Crippen molar-refractivity contribution in [1.29, 1.82) is 0 Å². The Hall–Kier alpha value is -1.76. The third kappa shape index (κ3) is 3.92. The molecule has 1 saturated heterocycles. The number of carbonyl (C=O) groups excluding carboxylic acids is 2. The topological polar surface area (TPSA) is 49.4 Å². The van der Waals surface area contributed by atoms with E-state index < -0.39 is 28.6 Å². The number of anilines is 1. The first-order chi connectivity index (χ1) is 11.8. The number of likely N-dealkylation sites (tertiary alicyclic amines) is 1. The molecule has 136 valence electrons. The molecule has 1 heterocycles. The van der Waals surface area contributed by atoms with Crippen LogP contribution in [-0.4, -0.2) is 29.3 Å². The standard InChI is InChI=1S/C17H18ClF3N2O2/c18-14-6-5-11(8-13(14)17(19,20)21)22-16(25)10-7-15(24)23(9-10)12-3-1-2-4-12/h5-6,8,10,12H,1-4,7,9H2,(H,22,25)/t10-/m0/s1. The molecule has 1 aliphatic heterocycles. The average molecular weight is 375 g/mol. The molecular weight excluding hydrogens is 357 g/mol. The Kier molecular flexibility index (Phi) is 4.95. The van der Waals surface area contributed by atoms with Crippen LogP contribution in [0, 0.1) is 5.92 Å². The molecule has 0 radical (unpaired) electrons. The van der Waals surface area contributed by atoms with Crippen molar-refractivity contribution in [3.05, 3.63) is 28.8 Å². The summed E-state index contributed by atoms with van der Waals surface area (Å²) in [7, 11) is 0. The van der Waals surface area contributed by atoms with Crippen LogP contribution in [0.15, 0.2) is 18.2 Å². The molecule has 1 aromatic rings. The van der Waals surface area contributed by atoms with E-state index in [1.807, 2.05) is 0 Å². The summed E-state index contributed by atoms with van der Waals surface area (Å²) >= 11 is 5.57. The lowest BCUT2D eigenvalue weighted by atomic mass is 10.1. The third-order valence-electron chi connectivity index (χ3n) is 4.83. The first kappa shape index (κ1) is 18.0. The minimum Gasteiger partial charge on any atom is -0.339 e. The Bertz CT molecular complexity index is 687. The maximum Gasteiger partial charge on any atom is 0.417 e. The van der Waals surface area contributed by atoms with Crippen molar-refractivity contribution in [2.75, 3.05) is 11.9 Å². The molecule has 0 unspecified atom stereocenters. The second kappa shape index (κ2) is 6.86. The van der Waals surface area contributed by atoms with E-state index in [4.69, 9.17) is 11.6 Å². The largest absolute Gasteiger partial charge is 0.417 e. The highest BCUT2D eigenvalue weighted by Gasteiger charge is 2.39. The predicted octanol–water partition coefficient (Wildman–Crippen LogP) is 4.09. The lowest BCUT2D eigenvalue weighted by Gasteiger charge is -2.23. The SMILES string of the molecule is O=C(Nc1ccc(Cl)c(C(F)(F)F)c1)[C@H]1CC(=O)N(C2CCCC2)C1.